The Morgan fingerprint density at radius 1 is 1.20 bits per heavy atom. The molecule has 1 aromatic carbocycles. The highest BCUT2D eigenvalue weighted by molar-refractivity contribution is 7.98. The van der Waals surface area contributed by atoms with E-state index in [0.717, 1.165) is 36.3 Å². The number of hydrogen-bond donors (Lipinski definition) is 1. The summed E-state index contributed by atoms with van der Waals surface area (Å²) in [5.41, 5.74) is 2.85. The maximum Gasteiger partial charge on any atom is 0.191 e. The van der Waals surface area contributed by atoms with Crippen molar-refractivity contribution >= 4 is 23.4 Å². The number of hydrogen-bond acceptors (Lipinski definition) is 5. The molecule has 1 aliphatic heterocycles. The van der Waals surface area contributed by atoms with Gasteiger partial charge in [-0.15, -0.1) is 0 Å². The topological polar surface area (TPSA) is 41.0 Å². The molecule has 3 rings (SSSR count). The van der Waals surface area contributed by atoms with Gasteiger partial charge in [0.25, 0.3) is 0 Å². The molecule has 1 aromatic heterocycles. The monoisotopic (exact) mass is 286 g/mol. The zero-order valence-corrected chi connectivity index (χ0v) is 12.6. The molecule has 2 heterocycles. The first-order valence-corrected chi connectivity index (χ1v) is 7.95. The predicted molar refractivity (Wildman–Crippen MR) is 84.6 cm³/mol. The number of nitrogens with zero attached hydrogens (tertiary/aromatic N) is 3. The van der Waals surface area contributed by atoms with E-state index in [9.17, 15) is 0 Å². The number of anilines is 2. The lowest BCUT2D eigenvalue weighted by atomic mass is 10.00. The van der Waals surface area contributed by atoms with Gasteiger partial charge in [-0.05, 0) is 23.8 Å². The van der Waals surface area contributed by atoms with Gasteiger partial charge in [0.2, 0.25) is 0 Å². The van der Waals surface area contributed by atoms with Gasteiger partial charge in [0.15, 0.2) is 5.16 Å². The Labute approximate surface area is 123 Å². The van der Waals surface area contributed by atoms with Gasteiger partial charge in [0, 0.05) is 26.2 Å². The molecule has 0 unspecified atom stereocenters. The molecule has 0 saturated heterocycles. The number of rotatable bonds is 3. The van der Waals surface area contributed by atoms with Crippen LogP contribution in [-0.2, 0) is 13.0 Å². The lowest BCUT2D eigenvalue weighted by molar-refractivity contribution is 0.712. The number of nitrogens with one attached hydrogen (secondary N) is 1. The highest BCUT2D eigenvalue weighted by atomic mass is 32.2. The van der Waals surface area contributed by atoms with Crippen LogP contribution in [0.2, 0.25) is 0 Å². The molecule has 2 aromatic rings. The van der Waals surface area contributed by atoms with Crippen molar-refractivity contribution < 1.29 is 0 Å². The molecule has 0 fully saturated rings. The quantitative estimate of drug-likeness (QED) is 0.694. The Kier molecular flexibility index (Phi) is 3.78. The highest BCUT2D eigenvalue weighted by Gasteiger charge is 2.18. The van der Waals surface area contributed by atoms with E-state index in [2.05, 4.69) is 44.5 Å². The number of fused-ring (bicyclic) bond motifs is 1. The summed E-state index contributed by atoms with van der Waals surface area (Å²) in [4.78, 5) is 11.4. The largest absolute Gasteiger partial charge is 0.373 e. The molecule has 0 spiro atoms. The number of thioether (sulfide) groups is 1. The van der Waals surface area contributed by atoms with Crippen molar-refractivity contribution in [3.05, 3.63) is 41.5 Å². The van der Waals surface area contributed by atoms with Crippen LogP contribution < -0.4 is 10.2 Å². The zero-order valence-electron chi connectivity index (χ0n) is 11.8. The van der Waals surface area contributed by atoms with Crippen LogP contribution in [0.5, 0.6) is 0 Å². The minimum Gasteiger partial charge on any atom is -0.373 e. The smallest absolute Gasteiger partial charge is 0.191 e. The molecule has 0 saturated carbocycles. The molecule has 4 nitrogen and oxygen atoms in total. The number of benzene rings is 1. The Morgan fingerprint density at radius 2 is 2.00 bits per heavy atom. The third kappa shape index (κ3) is 2.58. The molecule has 0 aliphatic carbocycles. The zero-order chi connectivity index (χ0) is 13.9. The van der Waals surface area contributed by atoms with E-state index in [0.29, 0.717) is 0 Å². The van der Waals surface area contributed by atoms with Crippen LogP contribution in [0.25, 0.3) is 0 Å². The van der Waals surface area contributed by atoms with Crippen molar-refractivity contribution in [3.63, 3.8) is 0 Å². The molecule has 104 valence electrons. The van der Waals surface area contributed by atoms with Gasteiger partial charge < -0.3 is 10.2 Å². The fraction of sp³-hybridized carbons (Fsp3) is 0.333. The SMILES string of the molecule is CNc1cc(N2CCc3ccccc3C2)nc(SC)n1. The highest BCUT2D eigenvalue weighted by Crippen LogP contribution is 2.26. The van der Waals surface area contributed by atoms with E-state index in [1.807, 2.05) is 19.4 Å². The molecular formula is C15H18N4S. The summed E-state index contributed by atoms with van der Waals surface area (Å²) in [6.07, 6.45) is 3.08. The Balaban J connectivity index is 1.91. The van der Waals surface area contributed by atoms with Crippen LogP contribution in [0.4, 0.5) is 11.6 Å². The Hall–Kier alpha value is -1.75. The minimum absolute atomic E-state index is 0.811. The molecule has 0 amide bonds. The van der Waals surface area contributed by atoms with Crippen molar-refractivity contribution in [3.8, 4) is 0 Å². The van der Waals surface area contributed by atoms with Crippen molar-refractivity contribution in [1.29, 1.82) is 0 Å². The predicted octanol–water partition coefficient (Wildman–Crippen LogP) is 2.80. The van der Waals surface area contributed by atoms with Crippen molar-refractivity contribution in [1.82, 2.24) is 9.97 Å². The van der Waals surface area contributed by atoms with Crippen molar-refractivity contribution in [2.24, 2.45) is 0 Å². The van der Waals surface area contributed by atoms with Crippen LogP contribution in [0, 0.1) is 0 Å². The second-order valence-electron chi connectivity index (χ2n) is 4.79. The molecule has 0 radical (unpaired) electrons. The normalized spacial score (nSPS) is 14.0. The summed E-state index contributed by atoms with van der Waals surface area (Å²) in [5, 5.41) is 3.92. The summed E-state index contributed by atoms with van der Waals surface area (Å²) in [5.74, 6) is 1.88. The molecule has 0 atom stereocenters. The molecule has 0 bridgehead atoms. The lowest BCUT2D eigenvalue weighted by Gasteiger charge is -2.30. The third-order valence-corrected chi connectivity index (χ3v) is 4.13. The molecule has 20 heavy (non-hydrogen) atoms. The van der Waals surface area contributed by atoms with E-state index in [1.54, 1.807) is 11.8 Å². The van der Waals surface area contributed by atoms with Gasteiger partial charge in [0.05, 0.1) is 0 Å². The summed E-state index contributed by atoms with van der Waals surface area (Å²) < 4.78 is 0. The summed E-state index contributed by atoms with van der Waals surface area (Å²) in [6, 6.07) is 10.7. The van der Waals surface area contributed by atoms with Gasteiger partial charge in [-0.1, -0.05) is 36.0 Å². The average molecular weight is 286 g/mol. The minimum atomic E-state index is 0.811. The Morgan fingerprint density at radius 3 is 2.75 bits per heavy atom. The first kappa shape index (κ1) is 13.2. The van der Waals surface area contributed by atoms with Gasteiger partial charge >= 0.3 is 0 Å². The van der Waals surface area contributed by atoms with E-state index >= 15 is 0 Å². The molecule has 5 heteroatoms. The van der Waals surface area contributed by atoms with Gasteiger partial charge in [0.1, 0.15) is 11.6 Å². The van der Waals surface area contributed by atoms with Crippen molar-refractivity contribution in [2.45, 2.75) is 18.1 Å². The summed E-state index contributed by atoms with van der Waals surface area (Å²) in [6.45, 7) is 1.93. The second kappa shape index (κ2) is 5.71. The van der Waals surface area contributed by atoms with Crippen LogP contribution in [0.1, 0.15) is 11.1 Å². The van der Waals surface area contributed by atoms with Crippen LogP contribution in [0.3, 0.4) is 0 Å². The van der Waals surface area contributed by atoms with E-state index < -0.39 is 0 Å². The Bertz CT molecular complexity index is 592. The van der Waals surface area contributed by atoms with E-state index in [1.165, 1.54) is 11.1 Å². The average Bonchev–Trinajstić information content (AvgIpc) is 2.53. The summed E-state index contributed by atoms with van der Waals surface area (Å²) in [7, 11) is 1.89. The van der Waals surface area contributed by atoms with E-state index in [4.69, 9.17) is 0 Å². The fourth-order valence-corrected chi connectivity index (χ4v) is 2.86. The van der Waals surface area contributed by atoms with E-state index in [-0.39, 0.29) is 0 Å². The van der Waals surface area contributed by atoms with Gasteiger partial charge in [-0.2, -0.15) is 0 Å². The van der Waals surface area contributed by atoms with Gasteiger partial charge in [-0.25, -0.2) is 9.97 Å². The first-order chi connectivity index (χ1) is 9.80. The second-order valence-corrected chi connectivity index (χ2v) is 5.56. The maximum absolute atomic E-state index is 4.63. The third-order valence-electron chi connectivity index (χ3n) is 3.59. The number of aromatic nitrogens is 2. The molecule has 1 aliphatic rings. The van der Waals surface area contributed by atoms with Crippen molar-refractivity contribution in [2.75, 3.05) is 30.1 Å². The lowest BCUT2D eigenvalue weighted by Crippen LogP contribution is -2.31. The van der Waals surface area contributed by atoms with Crippen LogP contribution in [0.15, 0.2) is 35.5 Å². The maximum atomic E-state index is 4.63. The summed E-state index contributed by atoms with van der Waals surface area (Å²) >= 11 is 1.57. The van der Waals surface area contributed by atoms with Crippen LogP contribution >= 0.6 is 11.8 Å². The fourth-order valence-electron chi connectivity index (χ4n) is 2.49. The molecular weight excluding hydrogens is 268 g/mol. The first-order valence-electron chi connectivity index (χ1n) is 6.72. The van der Waals surface area contributed by atoms with Gasteiger partial charge in [-0.3, -0.25) is 0 Å². The molecule has 1 N–H and O–H groups in total. The standard InChI is InChI=1S/C15H18N4S/c1-16-13-9-14(18-15(17-13)20-2)19-8-7-11-5-3-4-6-12(11)10-19/h3-6,9H,7-8,10H2,1-2H3,(H,16,17,18). The van der Waals surface area contributed by atoms with Crippen LogP contribution in [-0.4, -0.2) is 29.8 Å².